The highest BCUT2D eigenvalue weighted by Crippen LogP contribution is 2.42. The zero-order chi connectivity index (χ0) is 26.5. The number of benzene rings is 1. The van der Waals surface area contributed by atoms with E-state index in [0.29, 0.717) is 31.1 Å². The third-order valence-electron chi connectivity index (χ3n) is 8.42. The van der Waals surface area contributed by atoms with Gasteiger partial charge < -0.3 is 14.4 Å². The van der Waals surface area contributed by atoms with Gasteiger partial charge in [-0.2, -0.15) is 15.5 Å². The second kappa shape index (κ2) is 9.50. The van der Waals surface area contributed by atoms with Crippen molar-refractivity contribution in [1.82, 2.24) is 30.3 Å². The molecule has 198 valence electrons. The predicted octanol–water partition coefficient (Wildman–Crippen LogP) is 4.07. The van der Waals surface area contributed by atoms with Crippen LogP contribution in [0.25, 0.3) is 33.5 Å². The molecule has 2 N–H and O–H groups in total. The third-order valence-corrected chi connectivity index (χ3v) is 8.42. The van der Waals surface area contributed by atoms with Gasteiger partial charge >= 0.3 is 0 Å². The van der Waals surface area contributed by atoms with E-state index in [2.05, 4.69) is 32.5 Å². The second-order valence-corrected chi connectivity index (χ2v) is 10.6. The monoisotopic (exact) mass is 523 g/mol. The fourth-order valence-electron chi connectivity index (χ4n) is 6.44. The van der Waals surface area contributed by atoms with Crippen molar-refractivity contribution < 1.29 is 14.3 Å². The molecule has 0 spiro atoms. The lowest BCUT2D eigenvalue weighted by Crippen LogP contribution is -2.37. The van der Waals surface area contributed by atoms with Crippen LogP contribution in [0.15, 0.2) is 30.5 Å². The zero-order valence-corrected chi connectivity index (χ0v) is 21.7. The van der Waals surface area contributed by atoms with E-state index in [4.69, 9.17) is 14.5 Å². The van der Waals surface area contributed by atoms with Crippen LogP contribution >= 0.6 is 0 Å². The largest absolute Gasteiger partial charge is 0.494 e. The van der Waals surface area contributed by atoms with Gasteiger partial charge in [-0.3, -0.25) is 15.0 Å². The lowest BCUT2D eigenvalue weighted by molar-refractivity contribution is -0.139. The number of ether oxygens (including phenoxy) is 2. The maximum absolute atomic E-state index is 12.9. The molecule has 10 nitrogen and oxygen atoms in total. The number of rotatable bonds is 5. The van der Waals surface area contributed by atoms with Crippen LogP contribution in [0.2, 0.25) is 0 Å². The fourth-order valence-corrected chi connectivity index (χ4v) is 6.44. The molecular weight excluding hydrogens is 494 g/mol. The van der Waals surface area contributed by atoms with E-state index in [0.717, 1.165) is 76.8 Å². The molecule has 3 aliphatic rings. The maximum Gasteiger partial charge on any atom is 0.251 e. The minimum Gasteiger partial charge on any atom is -0.494 e. The average Bonchev–Trinajstić information content (AvgIpc) is 3.79. The van der Waals surface area contributed by atoms with Crippen molar-refractivity contribution in [3.05, 3.63) is 47.3 Å². The third kappa shape index (κ3) is 3.88. The van der Waals surface area contributed by atoms with Crippen molar-refractivity contribution in [3.63, 3.8) is 0 Å². The summed E-state index contributed by atoms with van der Waals surface area (Å²) in [7, 11) is 1.64. The van der Waals surface area contributed by atoms with Crippen LogP contribution in [-0.2, 0) is 16.0 Å². The molecule has 0 bridgehead atoms. The molecule has 3 aromatic heterocycles. The van der Waals surface area contributed by atoms with Gasteiger partial charge in [0.15, 0.2) is 0 Å². The number of nitrogens with one attached hydrogen (secondary N) is 2. The summed E-state index contributed by atoms with van der Waals surface area (Å²) >= 11 is 0. The summed E-state index contributed by atoms with van der Waals surface area (Å²) in [6.45, 7) is 1.97. The highest BCUT2D eigenvalue weighted by atomic mass is 16.5. The smallest absolute Gasteiger partial charge is 0.251 e. The summed E-state index contributed by atoms with van der Waals surface area (Å²) in [6, 6.07) is 10.4. The molecule has 1 amide bonds. The van der Waals surface area contributed by atoms with Crippen molar-refractivity contribution in [1.29, 1.82) is 5.26 Å². The number of aromatic amines is 2. The summed E-state index contributed by atoms with van der Waals surface area (Å²) in [5.74, 6) is 0.745. The molecule has 1 aromatic carbocycles. The minimum absolute atomic E-state index is 0.0877. The van der Waals surface area contributed by atoms with E-state index >= 15 is 0 Å². The van der Waals surface area contributed by atoms with Gasteiger partial charge in [-0.05, 0) is 43.2 Å². The molecule has 2 unspecified atom stereocenters. The number of amides is 1. The second-order valence-electron chi connectivity index (χ2n) is 10.6. The molecule has 10 heteroatoms. The first-order valence-corrected chi connectivity index (χ1v) is 13.6. The van der Waals surface area contributed by atoms with Gasteiger partial charge in [0.05, 0.1) is 30.3 Å². The molecule has 2 aliphatic heterocycles. The van der Waals surface area contributed by atoms with Crippen LogP contribution in [0.1, 0.15) is 54.3 Å². The SMILES string of the molecule is COc1cc2[nH]nc(-c3c[nH]nc3C3CCN(C(=O)[C@@H]4CCCO4)C3)c2nc1-c1cccc2c1CCC2C#N. The number of fused-ring (bicyclic) bond motifs is 2. The average molecular weight is 524 g/mol. The van der Waals surface area contributed by atoms with E-state index in [1.165, 1.54) is 0 Å². The van der Waals surface area contributed by atoms with Gasteiger partial charge in [0, 0.05) is 49.0 Å². The van der Waals surface area contributed by atoms with Gasteiger partial charge in [0.2, 0.25) is 0 Å². The Morgan fingerprint density at radius 2 is 2.13 bits per heavy atom. The molecule has 39 heavy (non-hydrogen) atoms. The van der Waals surface area contributed by atoms with Gasteiger partial charge in [-0.15, -0.1) is 0 Å². The van der Waals surface area contributed by atoms with Gasteiger partial charge in [0.25, 0.3) is 5.91 Å². The van der Waals surface area contributed by atoms with Crippen LogP contribution in [0.5, 0.6) is 5.75 Å². The summed E-state index contributed by atoms with van der Waals surface area (Å²) in [6.07, 6.45) is 5.77. The molecule has 4 aromatic rings. The van der Waals surface area contributed by atoms with Crippen molar-refractivity contribution in [2.75, 3.05) is 26.8 Å². The Balaban J connectivity index is 1.25. The lowest BCUT2D eigenvalue weighted by atomic mass is 9.96. The first-order chi connectivity index (χ1) is 19.2. The van der Waals surface area contributed by atoms with Crippen molar-refractivity contribution in [2.45, 2.75) is 50.0 Å². The normalized spacial score (nSPS) is 22.4. The molecule has 7 rings (SSSR count). The maximum atomic E-state index is 12.9. The van der Waals surface area contributed by atoms with Gasteiger partial charge in [-0.1, -0.05) is 18.2 Å². The zero-order valence-electron chi connectivity index (χ0n) is 21.7. The summed E-state index contributed by atoms with van der Waals surface area (Å²) in [4.78, 5) is 19.9. The summed E-state index contributed by atoms with van der Waals surface area (Å²) < 4.78 is 11.4. The Morgan fingerprint density at radius 3 is 2.95 bits per heavy atom. The number of carbonyl (C=O) groups excluding carboxylic acids is 1. The predicted molar refractivity (Wildman–Crippen MR) is 143 cm³/mol. The number of nitrogens with zero attached hydrogens (tertiary/aromatic N) is 5. The molecule has 5 heterocycles. The van der Waals surface area contributed by atoms with Crippen LogP contribution in [0, 0.1) is 11.3 Å². The van der Waals surface area contributed by atoms with Crippen molar-refractivity contribution >= 4 is 16.9 Å². The molecule has 3 atom stereocenters. The standard InChI is InChI=1S/C29H29N7O3/c1-38-24-12-22-28(32-26(24)20-5-2-4-18-16(13-30)7-8-19(18)20)27(35-33-22)21-14-31-34-25(21)17-9-10-36(15-17)29(37)23-6-3-11-39-23/h2,4-5,12,14,16-17,23H,3,6-11,15H2,1H3,(H,31,34)(H,33,35)/t16?,17?,23-/m0/s1. The Hall–Kier alpha value is -4.23. The quantitative estimate of drug-likeness (QED) is 0.403. The Labute approximate surface area is 225 Å². The number of hydrogen-bond acceptors (Lipinski definition) is 7. The minimum atomic E-state index is -0.307. The van der Waals surface area contributed by atoms with E-state index in [9.17, 15) is 10.1 Å². The number of methoxy groups -OCH3 is 1. The molecular formula is C29H29N7O3. The highest BCUT2D eigenvalue weighted by Gasteiger charge is 2.36. The van der Waals surface area contributed by atoms with E-state index in [1.807, 2.05) is 29.3 Å². The number of aromatic nitrogens is 5. The Morgan fingerprint density at radius 1 is 1.21 bits per heavy atom. The first-order valence-electron chi connectivity index (χ1n) is 13.6. The summed E-state index contributed by atoms with van der Waals surface area (Å²) in [5.41, 5.74) is 7.94. The Kier molecular flexibility index (Phi) is 5.81. The van der Waals surface area contributed by atoms with E-state index in [1.54, 1.807) is 7.11 Å². The summed E-state index contributed by atoms with van der Waals surface area (Å²) in [5, 5.41) is 25.0. The topological polar surface area (TPSA) is 133 Å². The number of hydrogen-bond donors (Lipinski definition) is 2. The van der Waals surface area contributed by atoms with Crippen LogP contribution in [0.4, 0.5) is 0 Å². The Bertz CT molecular complexity index is 1610. The number of H-pyrrole nitrogens is 2. The van der Waals surface area contributed by atoms with E-state index < -0.39 is 0 Å². The van der Waals surface area contributed by atoms with Gasteiger partial charge in [-0.25, -0.2) is 4.98 Å². The first kappa shape index (κ1) is 23.9. The fraction of sp³-hybridized carbons (Fsp3) is 0.414. The number of nitriles is 1. The lowest BCUT2D eigenvalue weighted by Gasteiger charge is -2.20. The molecule has 0 saturated carbocycles. The van der Waals surface area contributed by atoms with Crippen LogP contribution < -0.4 is 4.74 Å². The van der Waals surface area contributed by atoms with Gasteiger partial charge in [0.1, 0.15) is 28.8 Å². The molecule has 2 fully saturated rings. The van der Waals surface area contributed by atoms with Crippen molar-refractivity contribution in [2.24, 2.45) is 0 Å². The van der Waals surface area contributed by atoms with Crippen LogP contribution in [-0.4, -0.2) is 69.1 Å². The van der Waals surface area contributed by atoms with Crippen molar-refractivity contribution in [3.8, 4) is 34.3 Å². The number of likely N-dealkylation sites (tertiary alicyclic amines) is 1. The van der Waals surface area contributed by atoms with E-state index in [-0.39, 0.29) is 23.8 Å². The molecule has 2 saturated heterocycles. The highest BCUT2D eigenvalue weighted by molar-refractivity contribution is 5.93. The number of carbonyl (C=O) groups is 1. The van der Waals surface area contributed by atoms with Crippen LogP contribution in [0.3, 0.4) is 0 Å². The molecule has 0 radical (unpaired) electrons. The molecule has 1 aliphatic carbocycles. The number of pyridine rings is 1.